The fourth-order valence-corrected chi connectivity index (χ4v) is 3.06. The van der Waals surface area contributed by atoms with Gasteiger partial charge in [-0.15, -0.1) is 0 Å². The molecule has 35 heavy (non-hydrogen) atoms. The second-order valence-corrected chi connectivity index (χ2v) is 9.06. The molecule has 1 aromatic carbocycles. The lowest BCUT2D eigenvalue weighted by Gasteiger charge is -2.05. The molecule has 1 fully saturated rings. The molecule has 0 bridgehead atoms. The molecule has 208 valence electrons. The normalized spacial score (nSPS) is 11.7. The lowest BCUT2D eigenvalue weighted by Crippen LogP contribution is -1.96. The molecule has 0 radical (unpaired) electrons. The van der Waals surface area contributed by atoms with Gasteiger partial charge in [0.2, 0.25) is 0 Å². The molecule has 1 heterocycles. The van der Waals surface area contributed by atoms with E-state index in [1.807, 2.05) is 30.3 Å². The zero-order chi connectivity index (χ0) is 24.5. The maximum atomic E-state index is 8.74. The number of hydrogen-bond acceptors (Lipinski definition) is 6. The largest absolute Gasteiger partial charge is 0.494 e. The molecule has 1 aliphatic heterocycles. The number of hydrogen-bond donors (Lipinski definition) is 4. The summed E-state index contributed by atoms with van der Waals surface area (Å²) in [5.74, 6) is 0.996. The van der Waals surface area contributed by atoms with Gasteiger partial charge in [-0.3, -0.25) is 9.11 Å². The van der Waals surface area contributed by atoms with Crippen molar-refractivity contribution in [1.82, 2.24) is 12.3 Å². The first-order chi connectivity index (χ1) is 15.9. The van der Waals surface area contributed by atoms with Crippen molar-refractivity contribution in [2.75, 3.05) is 19.8 Å². The Kier molecular flexibility index (Phi) is 31.2. The molecule has 0 amide bonds. The zero-order valence-electron chi connectivity index (χ0n) is 21.9. The Hall–Kier alpha value is -1.49. The van der Waals surface area contributed by atoms with Gasteiger partial charge in [0.05, 0.1) is 19.8 Å². The summed E-state index contributed by atoms with van der Waals surface area (Å²) in [4.78, 5) is 0. The van der Waals surface area contributed by atoms with Gasteiger partial charge in [-0.05, 0) is 44.2 Å². The molecule has 9 heteroatoms. The Labute approximate surface area is 214 Å². The van der Waals surface area contributed by atoms with E-state index in [1.54, 1.807) is 0 Å². The fourth-order valence-electron chi connectivity index (χ4n) is 3.06. The van der Waals surface area contributed by atoms with Crippen LogP contribution in [0.2, 0.25) is 0 Å². The smallest absolute Gasteiger partial charge is 0.394 e. The Bertz CT molecular complexity index is 644. The summed E-state index contributed by atoms with van der Waals surface area (Å²) in [6, 6.07) is 10.1. The van der Waals surface area contributed by atoms with E-state index in [0.717, 1.165) is 25.6 Å². The number of allylic oxidation sites excluding steroid dienone is 2. The molecule has 0 saturated carbocycles. The van der Waals surface area contributed by atoms with Crippen molar-refractivity contribution in [2.45, 2.75) is 96.8 Å². The quantitative estimate of drug-likeness (QED) is 0.0698. The lowest BCUT2D eigenvalue weighted by molar-refractivity contribution is 0.304. The third-order valence-electron chi connectivity index (χ3n) is 4.87. The van der Waals surface area contributed by atoms with Crippen LogP contribution < -0.4 is 17.0 Å². The molecular formula is C26H52N2O6S. The van der Waals surface area contributed by atoms with E-state index in [1.165, 1.54) is 89.9 Å². The number of benzene rings is 1. The van der Waals surface area contributed by atoms with Gasteiger partial charge in [-0.2, -0.15) is 8.42 Å². The van der Waals surface area contributed by atoms with E-state index in [-0.39, 0.29) is 12.3 Å². The number of ether oxygens (including phenoxy) is 2. The molecule has 1 aliphatic rings. The summed E-state index contributed by atoms with van der Waals surface area (Å²) in [7, 11) is -4.67. The lowest BCUT2D eigenvalue weighted by atomic mass is 10.1. The summed E-state index contributed by atoms with van der Waals surface area (Å²) in [5.41, 5.74) is 0. The minimum atomic E-state index is -4.67. The van der Waals surface area contributed by atoms with Crippen LogP contribution in [0.25, 0.3) is 0 Å². The van der Waals surface area contributed by atoms with Gasteiger partial charge in [0.15, 0.2) is 0 Å². The number of unbranched alkanes of at least 4 members (excludes halogenated alkanes) is 12. The number of rotatable bonds is 17. The van der Waals surface area contributed by atoms with Gasteiger partial charge in [0.25, 0.3) is 0 Å². The fraction of sp³-hybridized carbons (Fsp3) is 0.692. The summed E-state index contributed by atoms with van der Waals surface area (Å²) < 4.78 is 41.8. The second-order valence-electron chi connectivity index (χ2n) is 8.16. The first-order valence-corrected chi connectivity index (χ1v) is 13.9. The van der Waals surface area contributed by atoms with Gasteiger partial charge < -0.3 is 21.8 Å². The van der Waals surface area contributed by atoms with Crippen molar-refractivity contribution in [1.29, 1.82) is 0 Å². The van der Waals surface area contributed by atoms with Crippen LogP contribution in [0.1, 0.15) is 96.8 Å². The minimum Gasteiger partial charge on any atom is -0.494 e. The van der Waals surface area contributed by atoms with E-state index >= 15 is 0 Å². The van der Waals surface area contributed by atoms with E-state index in [9.17, 15) is 0 Å². The summed E-state index contributed by atoms with van der Waals surface area (Å²) >= 11 is 0. The van der Waals surface area contributed by atoms with Crippen molar-refractivity contribution in [3.05, 3.63) is 42.5 Å². The SMILES string of the molecule is C1CO1.CCCCCCCC/C=C\CCCCCCCCOc1ccccc1.N.N.O=S(=O)(O)O. The molecule has 2 rings (SSSR count). The third-order valence-corrected chi connectivity index (χ3v) is 4.87. The number of para-hydroxylation sites is 1. The van der Waals surface area contributed by atoms with Crippen molar-refractivity contribution < 1.29 is 27.0 Å². The highest BCUT2D eigenvalue weighted by atomic mass is 32.3. The molecule has 1 aromatic rings. The highest BCUT2D eigenvalue weighted by Gasteiger charge is 1.94. The van der Waals surface area contributed by atoms with Crippen molar-refractivity contribution in [2.24, 2.45) is 0 Å². The van der Waals surface area contributed by atoms with Gasteiger partial charge >= 0.3 is 10.4 Å². The topological polar surface area (TPSA) is 166 Å². The van der Waals surface area contributed by atoms with E-state index in [0.29, 0.717) is 0 Å². The van der Waals surface area contributed by atoms with E-state index < -0.39 is 10.4 Å². The highest BCUT2D eigenvalue weighted by Crippen LogP contribution is 2.12. The predicted octanol–water partition coefficient (Wildman–Crippen LogP) is 7.79. The van der Waals surface area contributed by atoms with Crippen LogP contribution in [-0.4, -0.2) is 37.3 Å². The van der Waals surface area contributed by atoms with Crippen LogP contribution in [0.5, 0.6) is 5.75 Å². The second kappa shape index (κ2) is 28.7. The Balaban J connectivity index is -0.000000873. The molecule has 0 spiro atoms. The Morgan fingerprint density at radius 2 is 1.17 bits per heavy atom. The molecular weight excluding hydrogens is 468 g/mol. The number of epoxide rings is 1. The molecule has 0 aromatic heterocycles. The molecule has 8 N–H and O–H groups in total. The Morgan fingerprint density at radius 1 is 0.771 bits per heavy atom. The van der Waals surface area contributed by atoms with E-state index in [4.69, 9.17) is 22.3 Å². The minimum absolute atomic E-state index is 0. The first kappa shape index (κ1) is 38.0. The van der Waals surface area contributed by atoms with Crippen LogP contribution in [0, 0.1) is 0 Å². The van der Waals surface area contributed by atoms with Crippen LogP contribution in [-0.2, 0) is 15.1 Å². The highest BCUT2D eigenvalue weighted by molar-refractivity contribution is 7.79. The maximum absolute atomic E-state index is 8.74. The van der Waals surface area contributed by atoms with Gasteiger partial charge in [-0.1, -0.05) is 95.1 Å². The van der Waals surface area contributed by atoms with Gasteiger partial charge in [0, 0.05) is 0 Å². The van der Waals surface area contributed by atoms with Crippen LogP contribution in [0.4, 0.5) is 0 Å². The van der Waals surface area contributed by atoms with Crippen LogP contribution in [0.3, 0.4) is 0 Å². The van der Waals surface area contributed by atoms with Crippen molar-refractivity contribution >= 4 is 10.4 Å². The molecule has 1 saturated heterocycles. The van der Waals surface area contributed by atoms with Crippen molar-refractivity contribution in [3.8, 4) is 5.75 Å². The van der Waals surface area contributed by atoms with Crippen LogP contribution in [0.15, 0.2) is 42.5 Å². The van der Waals surface area contributed by atoms with Crippen molar-refractivity contribution in [3.63, 3.8) is 0 Å². The van der Waals surface area contributed by atoms with Gasteiger partial charge in [0.1, 0.15) is 5.75 Å². The molecule has 0 atom stereocenters. The average molecular weight is 521 g/mol. The van der Waals surface area contributed by atoms with E-state index in [2.05, 4.69) is 23.8 Å². The third kappa shape index (κ3) is 43.1. The first-order valence-electron chi connectivity index (χ1n) is 12.5. The molecule has 0 aliphatic carbocycles. The summed E-state index contributed by atoms with van der Waals surface area (Å²) in [5, 5.41) is 0. The summed E-state index contributed by atoms with van der Waals surface area (Å²) in [6.07, 6.45) is 23.7. The predicted molar refractivity (Wildman–Crippen MR) is 146 cm³/mol. The zero-order valence-corrected chi connectivity index (χ0v) is 22.7. The average Bonchev–Trinajstić information content (AvgIpc) is 3.65. The standard InChI is InChI=1S/C24H40O.C2H4O.2H3N.H2O4S/c1-2-3-4-5-6-7-8-9-10-11-12-13-14-15-16-20-23-25-24-21-18-17-19-22-24;1-2-3-1;;;1-5(2,3)4/h9-10,17-19,21-22H,2-8,11-16,20,23H2,1H3;1-2H2;2*1H3;(H2,1,2,3,4)/b10-9-;;;;. The molecule has 0 unspecified atom stereocenters. The Morgan fingerprint density at radius 3 is 1.60 bits per heavy atom. The monoisotopic (exact) mass is 520 g/mol. The van der Waals surface area contributed by atoms with Gasteiger partial charge in [-0.25, -0.2) is 0 Å². The molecule has 8 nitrogen and oxygen atoms in total. The summed E-state index contributed by atoms with van der Waals surface area (Å²) in [6.45, 7) is 5.13. The maximum Gasteiger partial charge on any atom is 0.394 e. The van der Waals surface area contributed by atoms with Crippen LogP contribution >= 0.6 is 0 Å².